The number of rotatable bonds is 3. The van der Waals surface area contributed by atoms with Crippen LogP contribution in [0, 0.1) is 17.2 Å². The fourth-order valence-electron chi connectivity index (χ4n) is 2.57. The zero-order valence-electron chi connectivity index (χ0n) is 9.45. The van der Waals surface area contributed by atoms with Gasteiger partial charge in [-0.2, -0.15) is 5.26 Å². The van der Waals surface area contributed by atoms with Gasteiger partial charge in [-0.1, -0.05) is 0 Å². The summed E-state index contributed by atoms with van der Waals surface area (Å²) in [5.74, 6) is 0.0486. The van der Waals surface area contributed by atoms with Gasteiger partial charge in [0.1, 0.15) is 0 Å². The molecule has 3 unspecified atom stereocenters. The number of nitrogens with one attached hydrogen (secondary N) is 1. The molecular weight excluding hydrogens is 204 g/mol. The van der Waals surface area contributed by atoms with Crippen LogP contribution in [0.1, 0.15) is 38.5 Å². The summed E-state index contributed by atoms with van der Waals surface area (Å²) >= 11 is 0. The molecule has 2 aliphatic rings. The van der Waals surface area contributed by atoms with Crippen LogP contribution in [-0.2, 0) is 9.53 Å². The first-order chi connectivity index (χ1) is 7.79. The summed E-state index contributed by atoms with van der Waals surface area (Å²) in [7, 11) is 0. The van der Waals surface area contributed by atoms with Crippen molar-refractivity contribution in [2.45, 2.75) is 50.7 Å². The molecule has 1 aliphatic heterocycles. The molecule has 1 saturated heterocycles. The van der Waals surface area contributed by atoms with Gasteiger partial charge in [0.15, 0.2) is 0 Å². The van der Waals surface area contributed by atoms with Gasteiger partial charge < -0.3 is 10.1 Å². The van der Waals surface area contributed by atoms with Gasteiger partial charge in [-0.05, 0) is 32.1 Å². The zero-order chi connectivity index (χ0) is 11.4. The molecule has 4 heteroatoms. The van der Waals surface area contributed by atoms with Crippen LogP contribution in [0.25, 0.3) is 0 Å². The van der Waals surface area contributed by atoms with Crippen molar-refractivity contribution in [1.82, 2.24) is 5.32 Å². The van der Waals surface area contributed by atoms with Gasteiger partial charge in [-0.15, -0.1) is 0 Å². The molecule has 16 heavy (non-hydrogen) atoms. The average molecular weight is 222 g/mol. The first kappa shape index (κ1) is 11.4. The molecule has 0 bridgehead atoms. The molecule has 0 radical (unpaired) electrons. The van der Waals surface area contributed by atoms with E-state index in [1.165, 1.54) is 0 Å². The maximum absolute atomic E-state index is 11.7. The van der Waals surface area contributed by atoms with Gasteiger partial charge in [-0.3, -0.25) is 4.79 Å². The van der Waals surface area contributed by atoms with E-state index < -0.39 is 0 Å². The topological polar surface area (TPSA) is 62.1 Å². The van der Waals surface area contributed by atoms with Crippen molar-refractivity contribution in [2.24, 2.45) is 5.92 Å². The Morgan fingerprint density at radius 3 is 2.94 bits per heavy atom. The van der Waals surface area contributed by atoms with Crippen LogP contribution in [0.2, 0.25) is 0 Å². The summed E-state index contributed by atoms with van der Waals surface area (Å²) in [6.45, 7) is 0.780. The van der Waals surface area contributed by atoms with Crippen molar-refractivity contribution in [3.05, 3.63) is 0 Å². The smallest absolute Gasteiger partial charge is 0.222 e. The maximum atomic E-state index is 11.7. The molecule has 88 valence electrons. The predicted molar refractivity (Wildman–Crippen MR) is 58.5 cm³/mol. The van der Waals surface area contributed by atoms with E-state index in [-0.39, 0.29) is 24.0 Å². The molecule has 1 amide bonds. The summed E-state index contributed by atoms with van der Waals surface area (Å²) in [5.41, 5.74) is 0. The molecule has 2 fully saturated rings. The number of nitriles is 1. The Morgan fingerprint density at radius 1 is 1.38 bits per heavy atom. The molecule has 1 saturated carbocycles. The predicted octanol–water partition coefficient (Wildman–Crippen LogP) is 1.36. The highest BCUT2D eigenvalue weighted by Crippen LogP contribution is 2.25. The van der Waals surface area contributed by atoms with Gasteiger partial charge in [0.25, 0.3) is 0 Å². The lowest BCUT2D eigenvalue weighted by atomic mass is 10.1. The standard InChI is InChI=1S/C12H18N2O2/c13-8-9-3-1-5-11(9)14-12(15)7-10-4-2-6-16-10/h9-11H,1-7H2,(H,14,15). The number of amides is 1. The highest BCUT2D eigenvalue weighted by molar-refractivity contribution is 5.76. The van der Waals surface area contributed by atoms with E-state index in [2.05, 4.69) is 11.4 Å². The van der Waals surface area contributed by atoms with E-state index in [1.54, 1.807) is 0 Å². The Bertz CT molecular complexity index is 292. The highest BCUT2D eigenvalue weighted by atomic mass is 16.5. The van der Waals surface area contributed by atoms with Crippen molar-refractivity contribution in [3.8, 4) is 6.07 Å². The van der Waals surface area contributed by atoms with E-state index in [1.807, 2.05) is 0 Å². The van der Waals surface area contributed by atoms with Crippen LogP contribution in [0.5, 0.6) is 0 Å². The van der Waals surface area contributed by atoms with Gasteiger partial charge >= 0.3 is 0 Å². The van der Waals surface area contributed by atoms with Crippen molar-refractivity contribution in [1.29, 1.82) is 5.26 Å². The molecule has 1 N–H and O–H groups in total. The molecule has 0 aromatic rings. The molecule has 0 spiro atoms. The average Bonchev–Trinajstić information content (AvgIpc) is 2.88. The second kappa shape index (κ2) is 5.31. The lowest BCUT2D eigenvalue weighted by molar-refractivity contribution is -0.124. The summed E-state index contributed by atoms with van der Waals surface area (Å²) < 4.78 is 5.42. The van der Waals surface area contributed by atoms with Crippen LogP contribution in [0.15, 0.2) is 0 Å². The lowest BCUT2D eigenvalue weighted by Crippen LogP contribution is -2.38. The largest absolute Gasteiger partial charge is 0.378 e. The molecule has 1 aliphatic carbocycles. The second-order valence-electron chi connectivity index (χ2n) is 4.68. The monoisotopic (exact) mass is 222 g/mol. The number of carbonyl (C=O) groups is 1. The fraction of sp³-hybridized carbons (Fsp3) is 0.833. The third kappa shape index (κ3) is 2.73. The highest BCUT2D eigenvalue weighted by Gasteiger charge is 2.29. The lowest BCUT2D eigenvalue weighted by Gasteiger charge is -2.17. The minimum atomic E-state index is 0.00782. The molecular formula is C12H18N2O2. The van der Waals surface area contributed by atoms with Crippen LogP contribution in [-0.4, -0.2) is 24.7 Å². The van der Waals surface area contributed by atoms with Crippen molar-refractivity contribution < 1.29 is 9.53 Å². The van der Waals surface area contributed by atoms with Crippen molar-refractivity contribution in [3.63, 3.8) is 0 Å². The summed E-state index contributed by atoms with van der Waals surface area (Å²) in [5, 5.41) is 11.9. The number of ether oxygens (including phenoxy) is 1. The molecule has 0 aromatic carbocycles. The maximum Gasteiger partial charge on any atom is 0.222 e. The Labute approximate surface area is 96.0 Å². The van der Waals surface area contributed by atoms with E-state index in [0.29, 0.717) is 6.42 Å². The Kier molecular flexibility index (Phi) is 3.79. The van der Waals surface area contributed by atoms with Crippen molar-refractivity contribution in [2.75, 3.05) is 6.61 Å². The number of hydrogen-bond acceptors (Lipinski definition) is 3. The van der Waals surface area contributed by atoms with E-state index in [9.17, 15) is 4.79 Å². The van der Waals surface area contributed by atoms with E-state index >= 15 is 0 Å². The Balaban J connectivity index is 1.76. The summed E-state index contributed by atoms with van der Waals surface area (Å²) in [4.78, 5) is 11.7. The third-order valence-corrected chi connectivity index (χ3v) is 3.47. The van der Waals surface area contributed by atoms with Crippen LogP contribution < -0.4 is 5.32 Å². The first-order valence-electron chi connectivity index (χ1n) is 6.10. The minimum Gasteiger partial charge on any atom is -0.378 e. The van der Waals surface area contributed by atoms with E-state index in [0.717, 1.165) is 38.7 Å². The van der Waals surface area contributed by atoms with Gasteiger partial charge in [0.05, 0.1) is 24.5 Å². The summed E-state index contributed by atoms with van der Waals surface area (Å²) in [6, 6.07) is 2.34. The number of nitrogens with zero attached hydrogens (tertiary/aromatic N) is 1. The molecule has 1 heterocycles. The van der Waals surface area contributed by atoms with Crippen LogP contribution >= 0.6 is 0 Å². The molecule has 3 atom stereocenters. The zero-order valence-corrected chi connectivity index (χ0v) is 9.45. The van der Waals surface area contributed by atoms with Gasteiger partial charge in [0.2, 0.25) is 5.91 Å². The number of hydrogen-bond donors (Lipinski definition) is 1. The third-order valence-electron chi connectivity index (χ3n) is 3.47. The summed E-state index contributed by atoms with van der Waals surface area (Å²) in [6.07, 6.45) is 5.50. The van der Waals surface area contributed by atoms with Crippen LogP contribution in [0.4, 0.5) is 0 Å². The minimum absolute atomic E-state index is 0.00782. The van der Waals surface area contributed by atoms with Gasteiger partial charge in [0, 0.05) is 12.6 Å². The van der Waals surface area contributed by atoms with Crippen molar-refractivity contribution >= 4 is 5.91 Å². The quantitative estimate of drug-likeness (QED) is 0.784. The second-order valence-corrected chi connectivity index (χ2v) is 4.68. The first-order valence-corrected chi connectivity index (χ1v) is 6.10. The normalized spacial score (nSPS) is 33.6. The Morgan fingerprint density at radius 2 is 2.25 bits per heavy atom. The SMILES string of the molecule is N#CC1CCCC1NC(=O)CC1CCCO1. The van der Waals surface area contributed by atoms with E-state index in [4.69, 9.17) is 10.00 Å². The molecule has 0 aromatic heterocycles. The van der Waals surface area contributed by atoms with Gasteiger partial charge in [-0.25, -0.2) is 0 Å². The molecule has 4 nitrogen and oxygen atoms in total. The van der Waals surface area contributed by atoms with Crippen LogP contribution in [0.3, 0.4) is 0 Å². The molecule has 2 rings (SSSR count). The Hall–Kier alpha value is -1.08. The number of carbonyl (C=O) groups excluding carboxylic acids is 1. The fourth-order valence-corrected chi connectivity index (χ4v) is 2.57.